The number of carbonyl (C=O) groups is 1. The molecular weight excluding hydrogens is 285 g/mol. The van der Waals surface area contributed by atoms with E-state index in [-0.39, 0.29) is 10.6 Å². The molecule has 1 aromatic heterocycles. The number of pyridine rings is 1. The second kappa shape index (κ2) is 5.46. The number of methoxy groups -OCH3 is 1. The Labute approximate surface area is 120 Å². The van der Waals surface area contributed by atoms with E-state index in [0.717, 1.165) is 6.20 Å². The van der Waals surface area contributed by atoms with Gasteiger partial charge in [0, 0.05) is 6.92 Å². The van der Waals surface area contributed by atoms with Crippen LogP contribution >= 0.6 is 11.6 Å². The Bertz CT molecular complexity index is 671. The Kier molecular flexibility index (Phi) is 3.90. The summed E-state index contributed by atoms with van der Waals surface area (Å²) in [5, 5.41) is 12.0. The number of ether oxygens (including phenoxy) is 1. The predicted molar refractivity (Wildman–Crippen MR) is 71.9 cm³/mol. The molecule has 6 heteroatoms. The van der Waals surface area contributed by atoms with Crippen LogP contribution in [0, 0.1) is 17.9 Å². The van der Waals surface area contributed by atoms with E-state index in [2.05, 4.69) is 4.74 Å². The number of carbonyl (C=O) groups excluding carboxylic acids is 1. The predicted octanol–water partition coefficient (Wildman–Crippen LogP) is 2.87. The molecule has 1 heterocycles. The molecule has 0 spiro atoms. The maximum absolute atomic E-state index is 13.0. The minimum atomic E-state index is -0.706. The summed E-state index contributed by atoms with van der Waals surface area (Å²) in [4.78, 5) is 11.6. The molecule has 2 rings (SSSR count). The smallest absolute Gasteiger partial charge is 0.345 e. The number of halogens is 2. The first-order valence-electron chi connectivity index (χ1n) is 5.72. The van der Waals surface area contributed by atoms with Gasteiger partial charge in [-0.2, -0.15) is 4.73 Å². The fourth-order valence-electron chi connectivity index (χ4n) is 1.88. The van der Waals surface area contributed by atoms with Crippen molar-refractivity contribution in [1.82, 2.24) is 0 Å². The number of nitrogens with zero attached hydrogens (tertiary/aromatic N) is 1. The Balaban J connectivity index is 2.71. The van der Waals surface area contributed by atoms with Crippen LogP contribution < -0.4 is 4.73 Å². The number of esters is 1. The van der Waals surface area contributed by atoms with E-state index in [1.54, 1.807) is 6.92 Å². The van der Waals surface area contributed by atoms with E-state index in [9.17, 15) is 14.4 Å². The number of rotatable bonds is 2. The van der Waals surface area contributed by atoms with E-state index in [0.29, 0.717) is 21.6 Å². The zero-order valence-electron chi connectivity index (χ0n) is 10.8. The third-order valence-electron chi connectivity index (χ3n) is 2.93. The standard InChI is InChI=1S/C14H11ClFNO3/c1-8-12(9-3-5-10(16)6-4-9)13(15)11(7-17(8)19)14(18)20-2/h3-7H,1-2H3. The monoisotopic (exact) mass is 295 g/mol. The number of aromatic nitrogens is 1. The quantitative estimate of drug-likeness (QED) is 0.486. The van der Waals surface area contributed by atoms with Crippen LogP contribution in [-0.2, 0) is 4.74 Å². The van der Waals surface area contributed by atoms with Crippen molar-refractivity contribution < 1.29 is 18.7 Å². The van der Waals surface area contributed by atoms with Gasteiger partial charge in [-0.3, -0.25) is 0 Å². The molecule has 0 fully saturated rings. The van der Waals surface area contributed by atoms with Crippen molar-refractivity contribution in [1.29, 1.82) is 0 Å². The molecule has 0 amide bonds. The molecule has 0 N–H and O–H groups in total. The van der Waals surface area contributed by atoms with Gasteiger partial charge in [0.25, 0.3) is 0 Å². The molecule has 1 aromatic carbocycles. The second-order valence-electron chi connectivity index (χ2n) is 4.14. The molecule has 104 valence electrons. The van der Waals surface area contributed by atoms with Gasteiger partial charge < -0.3 is 9.94 Å². The van der Waals surface area contributed by atoms with Crippen molar-refractivity contribution in [3.05, 3.63) is 57.8 Å². The van der Waals surface area contributed by atoms with Crippen molar-refractivity contribution in [2.45, 2.75) is 6.92 Å². The molecule has 4 nitrogen and oxygen atoms in total. The van der Waals surface area contributed by atoms with Gasteiger partial charge in [0.1, 0.15) is 11.4 Å². The molecular formula is C14H11ClFNO3. The summed E-state index contributed by atoms with van der Waals surface area (Å²) in [6, 6.07) is 5.49. The first kappa shape index (κ1) is 14.3. The van der Waals surface area contributed by atoms with Crippen LogP contribution in [-0.4, -0.2) is 13.1 Å². The van der Waals surface area contributed by atoms with Crippen molar-refractivity contribution in [2.75, 3.05) is 7.11 Å². The van der Waals surface area contributed by atoms with Gasteiger partial charge in [-0.05, 0) is 17.7 Å². The largest absolute Gasteiger partial charge is 0.618 e. The molecule has 0 saturated heterocycles. The normalized spacial score (nSPS) is 10.4. The van der Waals surface area contributed by atoms with Crippen LogP contribution in [0.2, 0.25) is 5.02 Å². The number of hydrogen-bond acceptors (Lipinski definition) is 3. The number of benzene rings is 1. The average Bonchev–Trinajstić information content (AvgIpc) is 2.44. The first-order valence-corrected chi connectivity index (χ1v) is 6.10. The molecule has 0 aliphatic carbocycles. The van der Waals surface area contributed by atoms with E-state index in [4.69, 9.17) is 11.6 Å². The minimum absolute atomic E-state index is 0.0332. The van der Waals surface area contributed by atoms with Crippen molar-refractivity contribution >= 4 is 17.6 Å². The minimum Gasteiger partial charge on any atom is -0.618 e. The first-order chi connectivity index (χ1) is 9.45. The lowest BCUT2D eigenvalue weighted by atomic mass is 10.0. The second-order valence-corrected chi connectivity index (χ2v) is 4.52. The molecule has 0 unspecified atom stereocenters. The Morgan fingerprint density at radius 2 is 1.95 bits per heavy atom. The zero-order chi connectivity index (χ0) is 14.9. The lowest BCUT2D eigenvalue weighted by Gasteiger charge is -2.12. The van der Waals surface area contributed by atoms with Gasteiger partial charge in [-0.1, -0.05) is 23.7 Å². The van der Waals surface area contributed by atoms with Crippen molar-refractivity contribution in [3.8, 4) is 11.1 Å². The van der Waals surface area contributed by atoms with Crippen molar-refractivity contribution in [3.63, 3.8) is 0 Å². The van der Waals surface area contributed by atoms with Crippen LogP contribution in [0.5, 0.6) is 0 Å². The Morgan fingerprint density at radius 3 is 2.50 bits per heavy atom. The molecule has 0 radical (unpaired) electrons. The Hall–Kier alpha value is -2.14. The lowest BCUT2D eigenvalue weighted by Crippen LogP contribution is -2.32. The fourth-order valence-corrected chi connectivity index (χ4v) is 2.25. The van der Waals surface area contributed by atoms with Crippen LogP contribution in [0.25, 0.3) is 11.1 Å². The summed E-state index contributed by atoms with van der Waals surface area (Å²) in [7, 11) is 1.20. The highest BCUT2D eigenvalue weighted by molar-refractivity contribution is 6.36. The summed E-state index contributed by atoms with van der Waals surface area (Å²) >= 11 is 6.19. The molecule has 0 atom stereocenters. The van der Waals surface area contributed by atoms with Gasteiger partial charge in [-0.15, -0.1) is 0 Å². The summed E-state index contributed by atoms with van der Waals surface area (Å²) in [6.45, 7) is 1.57. The van der Waals surface area contributed by atoms with Gasteiger partial charge >= 0.3 is 5.97 Å². The summed E-state index contributed by atoms with van der Waals surface area (Å²) < 4.78 is 18.1. The third kappa shape index (κ3) is 2.44. The molecule has 0 bridgehead atoms. The summed E-state index contributed by atoms with van der Waals surface area (Å²) in [5.74, 6) is -1.11. The molecule has 0 saturated carbocycles. The SMILES string of the molecule is COC(=O)c1c[n+]([O-])c(C)c(-c2ccc(F)cc2)c1Cl. The molecule has 2 aromatic rings. The summed E-state index contributed by atoms with van der Waals surface area (Å²) in [6.07, 6.45) is 1.07. The van der Waals surface area contributed by atoms with Crippen molar-refractivity contribution in [2.24, 2.45) is 0 Å². The highest BCUT2D eigenvalue weighted by atomic mass is 35.5. The van der Waals surface area contributed by atoms with E-state index in [1.165, 1.54) is 31.4 Å². The summed E-state index contributed by atoms with van der Waals surface area (Å²) in [5.41, 5.74) is 1.21. The Morgan fingerprint density at radius 1 is 1.35 bits per heavy atom. The van der Waals surface area contributed by atoms with Crippen LogP contribution in [0.1, 0.15) is 16.1 Å². The van der Waals surface area contributed by atoms with Gasteiger partial charge in [0.05, 0.1) is 17.7 Å². The van der Waals surface area contributed by atoms with Gasteiger partial charge in [0.2, 0.25) is 0 Å². The zero-order valence-corrected chi connectivity index (χ0v) is 11.6. The average molecular weight is 296 g/mol. The fraction of sp³-hybridized carbons (Fsp3) is 0.143. The maximum atomic E-state index is 13.0. The van der Waals surface area contributed by atoms with E-state index in [1.807, 2.05) is 0 Å². The van der Waals surface area contributed by atoms with Crippen LogP contribution in [0.15, 0.2) is 30.5 Å². The van der Waals surface area contributed by atoms with Gasteiger partial charge in [-0.25, -0.2) is 9.18 Å². The lowest BCUT2D eigenvalue weighted by molar-refractivity contribution is -0.611. The maximum Gasteiger partial charge on any atom is 0.345 e. The molecule has 20 heavy (non-hydrogen) atoms. The molecule has 0 aliphatic rings. The van der Waals surface area contributed by atoms with Crippen LogP contribution in [0.3, 0.4) is 0 Å². The van der Waals surface area contributed by atoms with E-state index < -0.39 is 11.8 Å². The van der Waals surface area contributed by atoms with Crippen LogP contribution in [0.4, 0.5) is 4.39 Å². The third-order valence-corrected chi connectivity index (χ3v) is 3.33. The molecule has 0 aliphatic heterocycles. The highest BCUT2D eigenvalue weighted by Gasteiger charge is 2.23. The van der Waals surface area contributed by atoms with E-state index >= 15 is 0 Å². The number of hydrogen-bond donors (Lipinski definition) is 0. The van der Waals surface area contributed by atoms with Gasteiger partial charge in [0.15, 0.2) is 11.9 Å². The highest BCUT2D eigenvalue weighted by Crippen LogP contribution is 2.32. The topological polar surface area (TPSA) is 53.2 Å².